The predicted octanol–water partition coefficient (Wildman–Crippen LogP) is 12.6. The zero-order chi connectivity index (χ0) is 35.0. The van der Waals surface area contributed by atoms with Crippen molar-refractivity contribution < 1.29 is 0 Å². The van der Waals surface area contributed by atoms with Crippen LogP contribution in [0.25, 0.3) is 88.1 Å². The number of nitrogens with zero attached hydrogens (tertiary/aromatic N) is 4. The third-order valence-corrected chi connectivity index (χ3v) is 10.8. The molecule has 0 fully saturated rings. The van der Waals surface area contributed by atoms with Gasteiger partial charge in [-0.05, 0) is 63.7 Å². The molecule has 0 bridgehead atoms. The molecule has 244 valence electrons. The van der Waals surface area contributed by atoms with E-state index in [0.29, 0.717) is 11.5 Å². The lowest BCUT2D eigenvalue weighted by Crippen LogP contribution is -2.16. The first-order valence-electron chi connectivity index (χ1n) is 17.6. The quantitative estimate of drug-likeness (QED) is 0.176. The first kappa shape index (κ1) is 30.0. The number of para-hydroxylation sites is 3. The number of hydrogen-bond donors (Lipinski definition) is 0. The summed E-state index contributed by atoms with van der Waals surface area (Å²) in [6.45, 7) is 12.8. The van der Waals surface area contributed by atoms with Gasteiger partial charge in [-0.2, -0.15) is 0 Å². The molecule has 0 saturated carbocycles. The summed E-state index contributed by atoms with van der Waals surface area (Å²) in [5.41, 5.74) is 14.5. The number of aromatic nitrogens is 3. The smallest absolute Gasteiger partial charge is 0.194 e. The minimum Gasteiger partial charge on any atom is -0.309 e. The molecule has 9 aromatic rings. The summed E-state index contributed by atoms with van der Waals surface area (Å²) in [7, 11) is 0. The molecule has 2 heterocycles. The second-order valence-corrected chi connectivity index (χ2v) is 14.1. The first-order chi connectivity index (χ1) is 25.5. The van der Waals surface area contributed by atoms with Crippen molar-refractivity contribution in [1.29, 1.82) is 0 Å². The van der Waals surface area contributed by atoms with Gasteiger partial charge < -0.3 is 4.57 Å². The van der Waals surface area contributed by atoms with Gasteiger partial charge >= 0.3 is 0 Å². The average Bonchev–Trinajstić information content (AvgIpc) is 3.66. The molecule has 0 atom stereocenters. The van der Waals surface area contributed by atoms with E-state index in [1.807, 2.05) is 54.6 Å². The molecule has 0 N–H and O–H groups in total. The molecule has 52 heavy (non-hydrogen) atoms. The van der Waals surface area contributed by atoms with Gasteiger partial charge in [-0.15, -0.1) is 0 Å². The van der Waals surface area contributed by atoms with Crippen molar-refractivity contribution in [2.24, 2.45) is 0 Å². The maximum absolute atomic E-state index is 8.06. The van der Waals surface area contributed by atoms with E-state index in [-0.39, 0.29) is 5.41 Å². The highest BCUT2D eigenvalue weighted by molar-refractivity contribution is 6.13. The normalized spacial score (nSPS) is 12.9. The Morgan fingerprint density at radius 2 is 1.25 bits per heavy atom. The summed E-state index contributed by atoms with van der Waals surface area (Å²) >= 11 is 0. The maximum atomic E-state index is 8.06. The van der Waals surface area contributed by atoms with E-state index in [1.54, 1.807) is 0 Å². The standard InChI is InChI=1S/C48H32N4/c1-48(2)40-21-11-7-18-35(40)37-25-26-38-36-19-10-14-24-43(36)52(46(38)44(37)48)33-28-31(34-17-8-12-22-41(34)49-3)27-32(29-33)47-50-42-23-13-9-20-39(42)45(51-47)30-15-5-4-6-16-30/h4-29H,1-2H3. The number of fused-ring (bicyclic) bond motifs is 8. The van der Waals surface area contributed by atoms with Gasteiger partial charge in [-0.3, -0.25) is 0 Å². The largest absolute Gasteiger partial charge is 0.309 e. The van der Waals surface area contributed by atoms with Crippen molar-refractivity contribution in [3.05, 3.63) is 180 Å². The van der Waals surface area contributed by atoms with Gasteiger partial charge in [-0.1, -0.05) is 141 Å². The summed E-state index contributed by atoms with van der Waals surface area (Å²) in [4.78, 5) is 14.4. The second-order valence-electron chi connectivity index (χ2n) is 14.1. The van der Waals surface area contributed by atoms with Gasteiger partial charge in [0, 0.05) is 38.4 Å². The van der Waals surface area contributed by atoms with E-state index < -0.39 is 0 Å². The Hall–Kier alpha value is -6.83. The van der Waals surface area contributed by atoms with E-state index in [9.17, 15) is 0 Å². The Morgan fingerprint density at radius 3 is 2.10 bits per heavy atom. The van der Waals surface area contributed by atoms with Crippen molar-refractivity contribution in [2.75, 3.05) is 0 Å². The van der Waals surface area contributed by atoms with Crippen LogP contribution in [0, 0.1) is 6.57 Å². The topological polar surface area (TPSA) is 35.1 Å². The van der Waals surface area contributed by atoms with Gasteiger partial charge in [0.25, 0.3) is 0 Å². The fourth-order valence-electron chi connectivity index (χ4n) is 8.44. The third kappa shape index (κ3) is 4.39. The highest BCUT2D eigenvalue weighted by Crippen LogP contribution is 2.53. The molecule has 0 amide bonds. The summed E-state index contributed by atoms with van der Waals surface area (Å²) in [5.74, 6) is 0.639. The SMILES string of the molecule is [C-]#[N+]c1ccccc1-c1cc(-c2nc(-c3ccccc3)c3ccccc3n2)cc(-n2c3ccccc3c3ccc4c(c32)C(C)(C)c2ccccc2-4)c1. The molecule has 1 aliphatic rings. The minimum absolute atomic E-state index is 0.221. The van der Waals surface area contributed by atoms with Gasteiger partial charge in [0.05, 0.1) is 28.8 Å². The lowest BCUT2D eigenvalue weighted by atomic mass is 9.81. The van der Waals surface area contributed by atoms with Gasteiger partial charge in [0.15, 0.2) is 11.5 Å². The number of benzene rings is 7. The van der Waals surface area contributed by atoms with Crippen LogP contribution in [0.3, 0.4) is 0 Å². The third-order valence-electron chi connectivity index (χ3n) is 10.8. The molecule has 7 aromatic carbocycles. The van der Waals surface area contributed by atoms with E-state index >= 15 is 0 Å². The van der Waals surface area contributed by atoms with Crippen LogP contribution in [-0.2, 0) is 5.41 Å². The molecular weight excluding hydrogens is 633 g/mol. The van der Waals surface area contributed by atoms with Crippen molar-refractivity contribution in [3.63, 3.8) is 0 Å². The molecular formula is C48H32N4. The predicted molar refractivity (Wildman–Crippen MR) is 214 cm³/mol. The van der Waals surface area contributed by atoms with Gasteiger partial charge in [0.1, 0.15) is 0 Å². The Balaban J connectivity index is 1.32. The minimum atomic E-state index is -0.221. The molecule has 0 radical (unpaired) electrons. The summed E-state index contributed by atoms with van der Waals surface area (Å²) in [6, 6.07) is 55.1. The van der Waals surface area contributed by atoms with E-state index in [4.69, 9.17) is 16.5 Å². The molecule has 2 aromatic heterocycles. The van der Waals surface area contributed by atoms with Crippen molar-refractivity contribution in [2.45, 2.75) is 19.3 Å². The Kier molecular flexibility index (Phi) is 6.55. The Bertz CT molecular complexity index is 2940. The fraction of sp³-hybridized carbons (Fsp3) is 0.0625. The highest BCUT2D eigenvalue weighted by Gasteiger charge is 2.38. The maximum Gasteiger partial charge on any atom is 0.194 e. The highest BCUT2D eigenvalue weighted by atomic mass is 15.0. The molecule has 0 unspecified atom stereocenters. The number of rotatable bonds is 4. The van der Waals surface area contributed by atoms with Crippen molar-refractivity contribution in [3.8, 4) is 50.6 Å². The van der Waals surface area contributed by atoms with Crippen molar-refractivity contribution >= 4 is 38.4 Å². The van der Waals surface area contributed by atoms with E-state index in [0.717, 1.165) is 50.1 Å². The summed E-state index contributed by atoms with van der Waals surface area (Å²) < 4.78 is 2.43. The van der Waals surface area contributed by atoms with Crippen LogP contribution in [0.15, 0.2) is 158 Å². The van der Waals surface area contributed by atoms with E-state index in [1.165, 1.54) is 38.5 Å². The summed E-state index contributed by atoms with van der Waals surface area (Å²) in [5, 5.41) is 3.43. The lowest BCUT2D eigenvalue weighted by molar-refractivity contribution is 0.664. The Labute approximate surface area is 302 Å². The Morgan fingerprint density at radius 1 is 0.558 bits per heavy atom. The van der Waals surface area contributed by atoms with Crippen molar-refractivity contribution in [1.82, 2.24) is 14.5 Å². The molecule has 0 aliphatic heterocycles. The molecule has 0 spiro atoms. The van der Waals surface area contributed by atoms with Crippen LogP contribution in [0.5, 0.6) is 0 Å². The number of hydrogen-bond acceptors (Lipinski definition) is 2. The van der Waals surface area contributed by atoms with Gasteiger partial charge in [0.2, 0.25) is 0 Å². The molecule has 4 nitrogen and oxygen atoms in total. The lowest BCUT2D eigenvalue weighted by Gasteiger charge is -2.24. The summed E-state index contributed by atoms with van der Waals surface area (Å²) in [6.07, 6.45) is 0. The monoisotopic (exact) mass is 664 g/mol. The molecule has 0 saturated heterocycles. The van der Waals surface area contributed by atoms with Crippen LogP contribution in [0.2, 0.25) is 0 Å². The van der Waals surface area contributed by atoms with E-state index in [2.05, 4.69) is 126 Å². The second kappa shape index (κ2) is 11.3. The van der Waals surface area contributed by atoms with Crippen LogP contribution >= 0.6 is 0 Å². The molecule has 4 heteroatoms. The zero-order valence-electron chi connectivity index (χ0n) is 28.8. The first-order valence-corrected chi connectivity index (χ1v) is 17.6. The van der Waals surface area contributed by atoms with Gasteiger partial charge in [-0.25, -0.2) is 14.8 Å². The van der Waals surface area contributed by atoms with Crippen LogP contribution in [0.4, 0.5) is 5.69 Å². The zero-order valence-corrected chi connectivity index (χ0v) is 28.8. The van der Waals surface area contributed by atoms with Crippen LogP contribution in [-0.4, -0.2) is 14.5 Å². The average molecular weight is 665 g/mol. The fourth-order valence-corrected chi connectivity index (χ4v) is 8.44. The molecule has 10 rings (SSSR count). The molecule has 1 aliphatic carbocycles. The van der Waals surface area contributed by atoms with Crippen LogP contribution in [0.1, 0.15) is 25.0 Å². The van der Waals surface area contributed by atoms with Crippen LogP contribution < -0.4 is 0 Å².